The number of hydrogen-bond donors (Lipinski definition) is 0. The van der Waals surface area contributed by atoms with Gasteiger partial charge in [0.15, 0.2) is 0 Å². The van der Waals surface area contributed by atoms with Crippen LogP contribution < -0.4 is 0 Å². The number of carbonyl (C=O) groups excluding carboxylic acids is 3. The highest BCUT2D eigenvalue weighted by Gasteiger charge is 2.40. The molecular formula is C6H4Cl3NO4. The van der Waals surface area contributed by atoms with Crippen molar-refractivity contribution >= 4 is 52.6 Å². The summed E-state index contributed by atoms with van der Waals surface area (Å²) in [5.41, 5.74) is 0. The van der Waals surface area contributed by atoms with Crippen molar-refractivity contribution in [1.29, 1.82) is 0 Å². The van der Waals surface area contributed by atoms with E-state index in [0.29, 0.717) is 5.06 Å². The third-order valence-corrected chi connectivity index (χ3v) is 1.87. The number of rotatable bonds is 1. The van der Waals surface area contributed by atoms with Crippen molar-refractivity contribution in [3.63, 3.8) is 0 Å². The van der Waals surface area contributed by atoms with E-state index in [1.807, 2.05) is 0 Å². The Morgan fingerprint density at radius 1 is 1.21 bits per heavy atom. The maximum atomic E-state index is 10.9. The number of nitrogens with zero attached hydrogens (tertiary/aromatic N) is 1. The zero-order valence-corrected chi connectivity index (χ0v) is 8.90. The third-order valence-electron chi connectivity index (χ3n) is 1.41. The summed E-state index contributed by atoms with van der Waals surface area (Å²) >= 11 is 15.5. The van der Waals surface area contributed by atoms with Crippen LogP contribution in [0, 0.1) is 0 Å². The Morgan fingerprint density at radius 2 is 1.64 bits per heavy atom. The molecule has 0 aromatic rings. The van der Waals surface area contributed by atoms with Crippen LogP contribution in [0.15, 0.2) is 0 Å². The average Bonchev–Trinajstić information content (AvgIpc) is 2.34. The molecule has 0 aromatic carbocycles. The lowest BCUT2D eigenvalue weighted by atomic mass is 10.4. The van der Waals surface area contributed by atoms with Crippen LogP contribution in [-0.2, 0) is 19.2 Å². The predicted octanol–water partition coefficient (Wildman–Crippen LogP) is 0.964. The van der Waals surface area contributed by atoms with Crippen molar-refractivity contribution in [3.05, 3.63) is 0 Å². The van der Waals surface area contributed by atoms with Gasteiger partial charge in [0.2, 0.25) is 0 Å². The highest BCUT2D eigenvalue weighted by atomic mass is 35.6. The lowest BCUT2D eigenvalue weighted by molar-refractivity contribution is -0.196. The molecule has 5 nitrogen and oxygen atoms in total. The van der Waals surface area contributed by atoms with Gasteiger partial charge >= 0.3 is 5.97 Å². The molecule has 1 aliphatic heterocycles. The minimum Gasteiger partial charge on any atom is -0.325 e. The maximum Gasteiger partial charge on any atom is 0.384 e. The molecule has 8 heteroatoms. The first-order valence-corrected chi connectivity index (χ1v) is 4.60. The van der Waals surface area contributed by atoms with Gasteiger partial charge in [-0.3, -0.25) is 9.59 Å². The molecule has 1 rings (SSSR count). The van der Waals surface area contributed by atoms with Crippen molar-refractivity contribution in [1.82, 2.24) is 5.06 Å². The minimum atomic E-state index is -2.30. The number of hydrogen-bond acceptors (Lipinski definition) is 4. The molecule has 0 aliphatic carbocycles. The third kappa shape index (κ3) is 2.50. The van der Waals surface area contributed by atoms with Crippen molar-refractivity contribution in [3.8, 4) is 0 Å². The maximum absolute atomic E-state index is 10.9. The van der Waals surface area contributed by atoms with Crippen LogP contribution in [0.3, 0.4) is 0 Å². The summed E-state index contributed by atoms with van der Waals surface area (Å²) < 4.78 is -2.30. The Labute approximate surface area is 93.8 Å². The van der Waals surface area contributed by atoms with Gasteiger partial charge in [0.1, 0.15) is 0 Å². The summed E-state index contributed by atoms with van der Waals surface area (Å²) in [4.78, 5) is 37.1. The molecule has 0 N–H and O–H groups in total. The van der Waals surface area contributed by atoms with E-state index in [-0.39, 0.29) is 12.8 Å². The SMILES string of the molecule is O=C1CCC(=O)N1OC(=O)C(Cl)(Cl)Cl. The first-order chi connectivity index (χ1) is 6.32. The van der Waals surface area contributed by atoms with E-state index in [1.54, 1.807) is 0 Å². The number of amides is 2. The Hall–Kier alpha value is -0.520. The highest BCUT2D eigenvalue weighted by molar-refractivity contribution is 6.75. The van der Waals surface area contributed by atoms with E-state index < -0.39 is 21.6 Å². The number of imide groups is 1. The molecule has 1 heterocycles. The van der Waals surface area contributed by atoms with Gasteiger partial charge in [0.05, 0.1) is 0 Å². The molecule has 0 spiro atoms. The number of carbonyl (C=O) groups is 3. The molecule has 78 valence electrons. The lowest BCUT2D eigenvalue weighted by Crippen LogP contribution is -2.36. The van der Waals surface area contributed by atoms with Crippen LogP contribution in [-0.4, -0.2) is 26.6 Å². The first kappa shape index (κ1) is 11.6. The van der Waals surface area contributed by atoms with Crippen molar-refractivity contribution in [2.45, 2.75) is 16.6 Å². The topological polar surface area (TPSA) is 63.7 Å². The largest absolute Gasteiger partial charge is 0.384 e. The average molecular weight is 260 g/mol. The number of halogens is 3. The van der Waals surface area contributed by atoms with Crippen LogP contribution in [0.4, 0.5) is 0 Å². The second-order valence-corrected chi connectivity index (χ2v) is 4.74. The van der Waals surface area contributed by atoms with Gasteiger partial charge < -0.3 is 4.84 Å². The smallest absolute Gasteiger partial charge is 0.325 e. The first-order valence-electron chi connectivity index (χ1n) is 3.47. The molecule has 1 aliphatic rings. The molecule has 0 aromatic heterocycles. The van der Waals surface area contributed by atoms with E-state index in [0.717, 1.165) is 0 Å². The molecule has 2 amide bonds. The normalized spacial score (nSPS) is 17.5. The van der Waals surface area contributed by atoms with Crippen LogP contribution >= 0.6 is 34.8 Å². The van der Waals surface area contributed by atoms with Crippen LogP contribution in [0.25, 0.3) is 0 Å². The molecule has 14 heavy (non-hydrogen) atoms. The summed E-state index contributed by atoms with van der Waals surface area (Å²) in [5.74, 6) is -2.54. The molecule has 1 fully saturated rings. The molecule has 0 unspecified atom stereocenters. The summed E-state index contributed by atoms with van der Waals surface area (Å²) in [5, 5.41) is 0.310. The quantitative estimate of drug-likeness (QED) is 0.520. The van der Waals surface area contributed by atoms with Gasteiger partial charge in [-0.1, -0.05) is 34.8 Å². The number of alkyl halides is 3. The molecule has 0 atom stereocenters. The molecule has 1 saturated heterocycles. The summed E-state index contributed by atoms with van der Waals surface area (Å²) in [6.07, 6.45) is -0.0159. The molecule has 0 radical (unpaired) electrons. The van der Waals surface area contributed by atoms with Gasteiger partial charge in [0, 0.05) is 12.8 Å². The fourth-order valence-electron chi connectivity index (χ4n) is 0.793. The van der Waals surface area contributed by atoms with E-state index in [2.05, 4.69) is 4.84 Å². The summed E-state index contributed by atoms with van der Waals surface area (Å²) in [6.45, 7) is 0. The second kappa shape index (κ2) is 3.92. The second-order valence-electron chi connectivity index (χ2n) is 2.46. The summed E-state index contributed by atoms with van der Waals surface area (Å²) in [6, 6.07) is 0. The number of hydroxylamine groups is 2. The van der Waals surface area contributed by atoms with E-state index in [9.17, 15) is 14.4 Å². The minimum absolute atomic E-state index is 0.00797. The Morgan fingerprint density at radius 3 is 2.00 bits per heavy atom. The van der Waals surface area contributed by atoms with Gasteiger partial charge in [-0.05, 0) is 0 Å². The van der Waals surface area contributed by atoms with Crippen molar-refractivity contribution < 1.29 is 19.2 Å². The van der Waals surface area contributed by atoms with Crippen LogP contribution in [0.5, 0.6) is 0 Å². The Bertz CT molecular complexity index is 282. The fraction of sp³-hybridized carbons (Fsp3) is 0.500. The predicted molar refractivity (Wildman–Crippen MR) is 47.5 cm³/mol. The van der Waals surface area contributed by atoms with E-state index in [1.165, 1.54) is 0 Å². The molecule has 0 saturated carbocycles. The molecule has 0 bridgehead atoms. The van der Waals surface area contributed by atoms with Crippen molar-refractivity contribution in [2.75, 3.05) is 0 Å². The fourth-order valence-corrected chi connectivity index (χ4v) is 0.896. The molecular weight excluding hydrogens is 256 g/mol. The zero-order valence-electron chi connectivity index (χ0n) is 6.63. The zero-order chi connectivity index (χ0) is 10.9. The van der Waals surface area contributed by atoms with Gasteiger partial charge in [-0.25, -0.2) is 4.79 Å². The lowest BCUT2D eigenvalue weighted by Gasteiger charge is -2.15. The summed E-state index contributed by atoms with van der Waals surface area (Å²) in [7, 11) is 0. The van der Waals surface area contributed by atoms with Gasteiger partial charge in [0.25, 0.3) is 15.6 Å². The van der Waals surface area contributed by atoms with Gasteiger partial charge in [-0.15, -0.1) is 5.06 Å². The van der Waals surface area contributed by atoms with Crippen LogP contribution in [0.1, 0.15) is 12.8 Å². The highest BCUT2D eigenvalue weighted by Crippen LogP contribution is 2.28. The van der Waals surface area contributed by atoms with Gasteiger partial charge in [-0.2, -0.15) is 0 Å². The van der Waals surface area contributed by atoms with E-state index >= 15 is 0 Å². The Balaban J connectivity index is 2.65. The van der Waals surface area contributed by atoms with E-state index in [4.69, 9.17) is 34.8 Å². The van der Waals surface area contributed by atoms with Crippen molar-refractivity contribution in [2.24, 2.45) is 0 Å². The standard InChI is InChI=1S/C6H4Cl3NO4/c7-6(8,9)5(13)14-10-3(11)1-2-4(10)12/h1-2H2. The monoisotopic (exact) mass is 259 g/mol. The Kier molecular flexibility index (Phi) is 3.24. The van der Waals surface area contributed by atoms with Crippen LogP contribution in [0.2, 0.25) is 0 Å².